The first-order valence-electron chi connectivity index (χ1n) is 7.77. The van der Waals surface area contributed by atoms with E-state index in [1.807, 2.05) is 0 Å². The molecule has 0 spiro atoms. The molecule has 0 aromatic heterocycles. The minimum atomic E-state index is -1.06. The number of hydrogen-bond acceptors (Lipinski definition) is 4. The van der Waals surface area contributed by atoms with E-state index >= 15 is 0 Å². The molecule has 0 bridgehead atoms. The van der Waals surface area contributed by atoms with E-state index in [-0.39, 0.29) is 18.7 Å². The highest BCUT2D eigenvalue weighted by Gasteiger charge is 2.36. The molecule has 2 aromatic carbocycles. The number of amides is 2. The smallest absolute Gasteiger partial charge is 0.306 e. The van der Waals surface area contributed by atoms with Crippen molar-refractivity contribution >= 4 is 28.9 Å². The Labute approximate surface area is 150 Å². The van der Waals surface area contributed by atoms with Gasteiger partial charge in [0.2, 0.25) is 17.6 Å². The minimum absolute atomic E-state index is 0.0560. The molecule has 10 heteroatoms. The summed E-state index contributed by atoms with van der Waals surface area (Å²) in [4.78, 5) is 35.5. The molecule has 0 radical (unpaired) electrons. The van der Waals surface area contributed by atoms with Crippen LogP contribution in [0.1, 0.15) is 6.42 Å². The molecule has 7 nitrogen and oxygen atoms in total. The standard InChI is InChI=1S/C17H12F3N3O4/c18-11-5-4-10(7-14(11)23(26)27)22-8-9(6-15(22)24)17(25)21-16-12(19)2-1-3-13(16)20/h1-5,7,9H,6,8H2,(H,21,25). The van der Waals surface area contributed by atoms with Crippen LogP contribution in [0.15, 0.2) is 36.4 Å². The number of nitro groups is 1. The van der Waals surface area contributed by atoms with Crippen molar-refractivity contribution in [2.75, 3.05) is 16.8 Å². The molecule has 1 heterocycles. The number of hydrogen-bond donors (Lipinski definition) is 1. The SMILES string of the molecule is O=C(Nc1c(F)cccc1F)C1CC(=O)N(c2ccc(F)c([N+](=O)[O-])c2)C1. The second-order valence-corrected chi connectivity index (χ2v) is 5.88. The Kier molecular flexibility index (Phi) is 4.80. The number of carbonyl (C=O) groups excluding carboxylic acids is 2. The van der Waals surface area contributed by atoms with E-state index in [4.69, 9.17) is 0 Å². The molecule has 3 rings (SSSR count). The van der Waals surface area contributed by atoms with E-state index < -0.39 is 51.5 Å². The lowest BCUT2D eigenvalue weighted by molar-refractivity contribution is -0.387. The quantitative estimate of drug-likeness (QED) is 0.653. The maximum absolute atomic E-state index is 13.6. The molecular formula is C17H12F3N3O4. The van der Waals surface area contributed by atoms with Crippen LogP contribution in [-0.4, -0.2) is 23.3 Å². The molecule has 27 heavy (non-hydrogen) atoms. The summed E-state index contributed by atoms with van der Waals surface area (Å²) in [5.41, 5.74) is -1.37. The van der Waals surface area contributed by atoms with Gasteiger partial charge in [0.25, 0.3) is 0 Å². The van der Waals surface area contributed by atoms with E-state index in [1.165, 1.54) is 6.07 Å². The zero-order valence-corrected chi connectivity index (χ0v) is 13.6. The number of nitrogens with one attached hydrogen (secondary N) is 1. The summed E-state index contributed by atoms with van der Waals surface area (Å²) < 4.78 is 40.7. The van der Waals surface area contributed by atoms with Crippen LogP contribution in [0, 0.1) is 33.5 Å². The van der Waals surface area contributed by atoms with Crippen molar-refractivity contribution in [2.24, 2.45) is 5.92 Å². The van der Waals surface area contributed by atoms with Gasteiger partial charge in [0.15, 0.2) is 0 Å². The van der Waals surface area contributed by atoms with Gasteiger partial charge in [-0.25, -0.2) is 8.78 Å². The first-order valence-corrected chi connectivity index (χ1v) is 7.77. The molecule has 1 aliphatic rings. The molecule has 0 aliphatic carbocycles. The molecule has 2 amide bonds. The number of carbonyl (C=O) groups is 2. The number of nitrogens with zero attached hydrogens (tertiary/aromatic N) is 2. The van der Waals surface area contributed by atoms with E-state index in [0.29, 0.717) is 0 Å². The van der Waals surface area contributed by atoms with Crippen molar-refractivity contribution < 1.29 is 27.7 Å². The molecule has 1 N–H and O–H groups in total. The van der Waals surface area contributed by atoms with E-state index in [1.54, 1.807) is 0 Å². The Morgan fingerprint density at radius 2 is 1.81 bits per heavy atom. The molecule has 1 fully saturated rings. The number of nitro benzene ring substituents is 1. The van der Waals surface area contributed by atoms with Gasteiger partial charge in [-0.2, -0.15) is 4.39 Å². The zero-order valence-electron chi connectivity index (χ0n) is 13.6. The van der Waals surface area contributed by atoms with Crippen molar-refractivity contribution in [3.63, 3.8) is 0 Å². The first kappa shape index (κ1) is 18.4. The molecule has 1 unspecified atom stereocenters. The van der Waals surface area contributed by atoms with Gasteiger partial charge in [-0.1, -0.05) is 6.07 Å². The highest BCUT2D eigenvalue weighted by atomic mass is 19.1. The number of benzene rings is 2. The van der Waals surface area contributed by atoms with Gasteiger partial charge < -0.3 is 10.2 Å². The third-order valence-electron chi connectivity index (χ3n) is 4.14. The van der Waals surface area contributed by atoms with Gasteiger partial charge in [-0.15, -0.1) is 0 Å². The van der Waals surface area contributed by atoms with Crippen LogP contribution in [-0.2, 0) is 9.59 Å². The van der Waals surface area contributed by atoms with Gasteiger partial charge >= 0.3 is 5.69 Å². The minimum Gasteiger partial charge on any atom is -0.321 e. The average Bonchev–Trinajstić information content (AvgIpc) is 3.00. The highest BCUT2D eigenvalue weighted by molar-refractivity contribution is 6.03. The summed E-state index contributed by atoms with van der Waals surface area (Å²) in [6.45, 7) is -0.163. The number of halogens is 3. The summed E-state index contributed by atoms with van der Waals surface area (Å²) >= 11 is 0. The highest BCUT2D eigenvalue weighted by Crippen LogP contribution is 2.30. The van der Waals surface area contributed by atoms with Crippen LogP contribution in [0.25, 0.3) is 0 Å². The maximum atomic E-state index is 13.6. The summed E-state index contributed by atoms with van der Waals surface area (Å²) in [6.07, 6.45) is -0.257. The van der Waals surface area contributed by atoms with Crippen molar-refractivity contribution in [1.82, 2.24) is 0 Å². The summed E-state index contributed by atoms with van der Waals surface area (Å²) in [7, 11) is 0. The Balaban J connectivity index is 1.78. The van der Waals surface area contributed by atoms with Crippen LogP contribution in [0.5, 0.6) is 0 Å². The topological polar surface area (TPSA) is 92.6 Å². The van der Waals surface area contributed by atoms with Crippen LogP contribution in [0.2, 0.25) is 0 Å². The van der Waals surface area contributed by atoms with Gasteiger partial charge in [-0.05, 0) is 24.3 Å². The van der Waals surface area contributed by atoms with Crippen molar-refractivity contribution in [2.45, 2.75) is 6.42 Å². The van der Waals surface area contributed by atoms with E-state index in [2.05, 4.69) is 5.32 Å². The van der Waals surface area contributed by atoms with Crippen molar-refractivity contribution in [3.8, 4) is 0 Å². The van der Waals surface area contributed by atoms with E-state index in [0.717, 1.165) is 35.2 Å². The fraction of sp³-hybridized carbons (Fsp3) is 0.176. The lowest BCUT2D eigenvalue weighted by atomic mass is 10.1. The van der Waals surface area contributed by atoms with Crippen LogP contribution < -0.4 is 10.2 Å². The molecule has 1 aliphatic heterocycles. The Bertz CT molecular complexity index is 931. The van der Waals surface area contributed by atoms with Crippen molar-refractivity contribution in [1.29, 1.82) is 0 Å². The predicted octanol–water partition coefficient (Wildman–Crippen LogP) is 3.00. The lowest BCUT2D eigenvalue weighted by Crippen LogP contribution is -2.28. The predicted molar refractivity (Wildman–Crippen MR) is 88.5 cm³/mol. The molecule has 1 saturated heterocycles. The van der Waals surface area contributed by atoms with Crippen LogP contribution >= 0.6 is 0 Å². The molecule has 2 aromatic rings. The van der Waals surface area contributed by atoms with Gasteiger partial charge in [0, 0.05) is 19.0 Å². The fourth-order valence-electron chi connectivity index (χ4n) is 2.78. The summed E-state index contributed by atoms with van der Waals surface area (Å²) in [5.74, 6) is -5.20. The monoisotopic (exact) mass is 379 g/mol. The van der Waals surface area contributed by atoms with Gasteiger partial charge in [-0.3, -0.25) is 19.7 Å². The third-order valence-corrected chi connectivity index (χ3v) is 4.14. The maximum Gasteiger partial charge on any atom is 0.306 e. The number of rotatable bonds is 4. The Morgan fingerprint density at radius 1 is 1.15 bits per heavy atom. The van der Waals surface area contributed by atoms with Crippen LogP contribution in [0.4, 0.5) is 30.2 Å². The van der Waals surface area contributed by atoms with Gasteiger partial charge in [0.05, 0.1) is 16.5 Å². The summed E-state index contributed by atoms with van der Waals surface area (Å²) in [6, 6.07) is 6.01. The fourth-order valence-corrected chi connectivity index (χ4v) is 2.78. The number of para-hydroxylation sites is 1. The second-order valence-electron chi connectivity index (χ2n) is 5.88. The third kappa shape index (κ3) is 3.59. The molecule has 140 valence electrons. The molecule has 0 saturated carbocycles. The van der Waals surface area contributed by atoms with E-state index in [9.17, 15) is 32.9 Å². The Morgan fingerprint density at radius 3 is 2.44 bits per heavy atom. The average molecular weight is 379 g/mol. The molecular weight excluding hydrogens is 367 g/mol. The number of anilines is 2. The van der Waals surface area contributed by atoms with Crippen LogP contribution in [0.3, 0.4) is 0 Å². The molecule has 1 atom stereocenters. The lowest BCUT2D eigenvalue weighted by Gasteiger charge is -2.17. The zero-order chi connectivity index (χ0) is 19.7. The largest absolute Gasteiger partial charge is 0.321 e. The second kappa shape index (κ2) is 7.06. The normalized spacial score (nSPS) is 16.5. The first-order chi connectivity index (χ1) is 12.8. The van der Waals surface area contributed by atoms with Crippen molar-refractivity contribution in [3.05, 3.63) is 64.0 Å². The summed E-state index contributed by atoms with van der Waals surface area (Å²) in [5, 5.41) is 13.0. The van der Waals surface area contributed by atoms with Gasteiger partial charge in [0.1, 0.15) is 17.3 Å². The Hall–Kier alpha value is -3.43.